The van der Waals surface area contributed by atoms with Crippen molar-refractivity contribution in [3.05, 3.63) is 52.8 Å². The second-order valence-electron chi connectivity index (χ2n) is 7.27. The van der Waals surface area contributed by atoms with Crippen molar-refractivity contribution >= 4 is 50.9 Å². The second-order valence-corrected chi connectivity index (χ2v) is 9.24. The molecule has 7 heteroatoms. The predicted molar refractivity (Wildman–Crippen MR) is 113 cm³/mol. The fourth-order valence-corrected chi connectivity index (χ4v) is 3.28. The van der Waals surface area contributed by atoms with Crippen LogP contribution in [0.3, 0.4) is 0 Å². The molecule has 0 bridgehead atoms. The van der Waals surface area contributed by atoms with Crippen LogP contribution in [0.4, 0.5) is 15.8 Å². The highest BCUT2D eigenvalue weighted by molar-refractivity contribution is 9.10. The molecule has 0 radical (unpaired) electrons. The van der Waals surface area contributed by atoms with Crippen LogP contribution in [0.25, 0.3) is 0 Å². The summed E-state index contributed by atoms with van der Waals surface area (Å²) < 4.78 is 14.4. The number of amides is 2. The SMILES string of the molecule is CC(C)(C)CC(=O)Nc1ccc(SCC(=O)Nc2ccc(Br)cc2F)cc1. The molecule has 0 saturated heterocycles. The van der Waals surface area contributed by atoms with E-state index in [4.69, 9.17) is 0 Å². The van der Waals surface area contributed by atoms with E-state index in [0.29, 0.717) is 10.9 Å². The van der Waals surface area contributed by atoms with Crippen molar-refractivity contribution in [2.24, 2.45) is 5.41 Å². The number of rotatable bonds is 6. The number of benzene rings is 2. The molecule has 0 aliphatic carbocycles. The molecule has 0 aromatic heterocycles. The highest BCUT2D eigenvalue weighted by atomic mass is 79.9. The molecule has 4 nitrogen and oxygen atoms in total. The van der Waals surface area contributed by atoms with Gasteiger partial charge in [-0.1, -0.05) is 36.7 Å². The molecule has 0 unspecified atom stereocenters. The number of nitrogens with one attached hydrogen (secondary N) is 2. The van der Waals surface area contributed by atoms with Gasteiger partial charge in [-0.3, -0.25) is 9.59 Å². The average Bonchev–Trinajstić information content (AvgIpc) is 2.55. The van der Waals surface area contributed by atoms with Crippen LogP contribution in [0.15, 0.2) is 51.8 Å². The first kappa shape index (κ1) is 21.4. The molecule has 2 amide bonds. The van der Waals surface area contributed by atoms with E-state index < -0.39 is 5.82 Å². The third kappa shape index (κ3) is 7.72. The summed E-state index contributed by atoms with van der Waals surface area (Å²) in [5.74, 6) is -0.647. The lowest BCUT2D eigenvalue weighted by Gasteiger charge is -2.17. The summed E-state index contributed by atoms with van der Waals surface area (Å²) in [6.45, 7) is 6.03. The molecular weight excluding hydrogens is 431 g/mol. The third-order valence-corrected chi connectivity index (χ3v) is 4.91. The average molecular weight is 453 g/mol. The minimum Gasteiger partial charge on any atom is -0.326 e. The van der Waals surface area contributed by atoms with Crippen LogP contribution in [-0.2, 0) is 9.59 Å². The number of hydrogen-bond donors (Lipinski definition) is 2. The normalized spacial score (nSPS) is 11.1. The monoisotopic (exact) mass is 452 g/mol. The van der Waals surface area contributed by atoms with Gasteiger partial charge < -0.3 is 10.6 Å². The van der Waals surface area contributed by atoms with E-state index in [-0.39, 0.29) is 28.7 Å². The van der Waals surface area contributed by atoms with Gasteiger partial charge >= 0.3 is 0 Å². The van der Waals surface area contributed by atoms with Gasteiger partial charge in [-0.05, 0) is 47.9 Å². The predicted octanol–water partition coefficient (Wildman–Crippen LogP) is 5.69. The molecule has 2 rings (SSSR count). The molecule has 0 heterocycles. The van der Waals surface area contributed by atoms with Gasteiger partial charge in [0.1, 0.15) is 5.82 Å². The molecule has 0 spiro atoms. The zero-order valence-electron chi connectivity index (χ0n) is 15.4. The second kappa shape index (κ2) is 9.37. The van der Waals surface area contributed by atoms with Gasteiger partial charge in [-0.25, -0.2) is 4.39 Å². The number of carbonyl (C=O) groups excluding carboxylic acids is 2. The van der Waals surface area contributed by atoms with E-state index >= 15 is 0 Å². The Morgan fingerprint density at radius 3 is 2.30 bits per heavy atom. The summed E-state index contributed by atoms with van der Waals surface area (Å²) in [5, 5.41) is 5.42. The summed E-state index contributed by atoms with van der Waals surface area (Å²) in [7, 11) is 0. The Morgan fingerprint density at radius 2 is 1.70 bits per heavy atom. The van der Waals surface area contributed by atoms with Gasteiger partial charge in [0.2, 0.25) is 11.8 Å². The van der Waals surface area contributed by atoms with E-state index in [0.717, 1.165) is 10.6 Å². The van der Waals surface area contributed by atoms with Gasteiger partial charge in [-0.2, -0.15) is 0 Å². The molecule has 2 aromatic carbocycles. The Labute approximate surface area is 171 Å². The van der Waals surface area contributed by atoms with Crippen LogP contribution in [0.1, 0.15) is 27.2 Å². The van der Waals surface area contributed by atoms with Crippen molar-refractivity contribution in [1.82, 2.24) is 0 Å². The van der Waals surface area contributed by atoms with Gasteiger partial charge in [0, 0.05) is 21.5 Å². The van der Waals surface area contributed by atoms with Gasteiger partial charge in [0.15, 0.2) is 0 Å². The number of carbonyl (C=O) groups is 2. The van der Waals surface area contributed by atoms with Gasteiger partial charge in [-0.15, -0.1) is 11.8 Å². The summed E-state index contributed by atoms with van der Waals surface area (Å²) in [6.07, 6.45) is 0.441. The fourth-order valence-electron chi connectivity index (χ4n) is 2.25. The van der Waals surface area contributed by atoms with E-state index in [9.17, 15) is 14.0 Å². The van der Waals surface area contributed by atoms with Crippen molar-refractivity contribution in [3.8, 4) is 0 Å². The van der Waals surface area contributed by atoms with Crippen molar-refractivity contribution in [3.63, 3.8) is 0 Å². The molecule has 0 saturated carbocycles. The van der Waals surface area contributed by atoms with E-state index in [2.05, 4.69) is 26.6 Å². The lowest BCUT2D eigenvalue weighted by Crippen LogP contribution is -2.19. The standard InChI is InChI=1S/C20H22BrFN2O2S/c1-20(2,3)11-18(25)23-14-5-7-15(8-6-14)27-12-19(26)24-17-9-4-13(21)10-16(17)22/h4-10H,11-12H2,1-3H3,(H,23,25)(H,24,26). The first-order chi connectivity index (χ1) is 12.6. The maximum atomic E-state index is 13.7. The van der Waals surface area contributed by atoms with Crippen molar-refractivity contribution in [2.45, 2.75) is 32.1 Å². The maximum Gasteiger partial charge on any atom is 0.234 e. The summed E-state index contributed by atoms with van der Waals surface area (Å²) in [6, 6.07) is 11.8. The molecule has 2 aromatic rings. The smallest absolute Gasteiger partial charge is 0.234 e. The van der Waals surface area contributed by atoms with Crippen LogP contribution in [-0.4, -0.2) is 17.6 Å². The summed E-state index contributed by atoms with van der Waals surface area (Å²) >= 11 is 4.51. The van der Waals surface area contributed by atoms with Crippen LogP contribution in [0.2, 0.25) is 0 Å². The molecule has 0 aliphatic rings. The quantitative estimate of drug-likeness (QED) is 0.553. The first-order valence-corrected chi connectivity index (χ1v) is 10.2. The van der Waals surface area contributed by atoms with Crippen LogP contribution >= 0.6 is 27.7 Å². The zero-order valence-corrected chi connectivity index (χ0v) is 17.8. The number of halogens is 2. The lowest BCUT2D eigenvalue weighted by atomic mass is 9.92. The summed E-state index contributed by atoms with van der Waals surface area (Å²) in [5.41, 5.74) is 0.803. The van der Waals surface area contributed by atoms with Crippen molar-refractivity contribution < 1.29 is 14.0 Å². The minimum absolute atomic E-state index is 0.0289. The molecule has 0 fully saturated rings. The Kier molecular flexibility index (Phi) is 7.44. The number of anilines is 2. The molecule has 0 atom stereocenters. The lowest BCUT2D eigenvalue weighted by molar-refractivity contribution is -0.118. The highest BCUT2D eigenvalue weighted by Gasteiger charge is 2.16. The minimum atomic E-state index is -0.488. The Hall–Kier alpha value is -1.86. The Morgan fingerprint density at radius 1 is 1.04 bits per heavy atom. The van der Waals surface area contributed by atoms with E-state index in [1.807, 2.05) is 32.9 Å². The largest absolute Gasteiger partial charge is 0.326 e. The Bertz CT molecular complexity index is 820. The van der Waals surface area contributed by atoms with Crippen LogP contribution < -0.4 is 10.6 Å². The third-order valence-electron chi connectivity index (χ3n) is 3.40. The molecule has 0 aliphatic heterocycles. The zero-order chi connectivity index (χ0) is 20.0. The highest BCUT2D eigenvalue weighted by Crippen LogP contribution is 2.23. The first-order valence-electron chi connectivity index (χ1n) is 8.40. The van der Waals surface area contributed by atoms with Gasteiger partial charge in [0.25, 0.3) is 0 Å². The summed E-state index contributed by atoms with van der Waals surface area (Å²) in [4.78, 5) is 24.8. The topological polar surface area (TPSA) is 58.2 Å². The van der Waals surface area contributed by atoms with E-state index in [1.54, 1.807) is 18.2 Å². The maximum absolute atomic E-state index is 13.7. The number of thioether (sulfide) groups is 1. The van der Waals surface area contributed by atoms with Crippen molar-refractivity contribution in [2.75, 3.05) is 16.4 Å². The number of hydrogen-bond acceptors (Lipinski definition) is 3. The fraction of sp³-hybridized carbons (Fsp3) is 0.300. The van der Waals surface area contributed by atoms with Crippen LogP contribution in [0, 0.1) is 11.2 Å². The molecule has 27 heavy (non-hydrogen) atoms. The Balaban J connectivity index is 1.84. The van der Waals surface area contributed by atoms with E-state index in [1.165, 1.54) is 23.9 Å². The molecular formula is C20H22BrFN2O2S. The van der Waals surface area contributed by atoms with Crippen LogP contribution in [0.5, 0.6) is 0 Å². The van der Waals surface area contributed by atoms with Crippen molar-refractivity contribution in [1.29, 1.82) is 0 Å². The molecule has 144 valence electrons. The molecule has 2 N–H and O–H groups in total. The van der Waals surface area contributed by atoms with Gasteiger partial charge in [0.05, 0.1) is 11.4 Å².